The molecule has 1 atom stereocenters. The Bertz CT molecular complexity index is 415. The number of aromatic hydroxyl groups is 1. The molecule has 0 aliphatic carbocycles. The van der Waals surface area contributed by atoms with E-state index in [1.54, 1.807) is 19.1 Å². The maximum absolute atomic E-state index is 11.7. The molecule has 100 valence electrons. The highest BCUT2D eigenvalue weighted by Gasteiger charge is 2.18. The number of benzene rings is 1. The van der Waals surface area contributed by atoms with E-state index in [0.717, 1.165) is 16.7 Å². The van der Waals surface area contributed by atoms with Gasteiger partial charge in [0.1, 0.15) is 11.5 Å². The van der Waals surface area contributed by atoms with Gasteiger partial charge in [0.05, 0.1) is 6.04 Å². The van der Waals surface area contributed by atoms with Crippen LogP contribution in [-0.2, 0) is 11.2 Å². The van der Waals surface area contributed by atoms with E-state index < -0.39 is 0 Å². The minimum absolute atomic E-state index is 0.149. The summed E-state index contributed by atoms with van der Waals surface area (Å²) in [6.07, 6.45) is 0.672. The summed E-state index contributed by atoms with van der Waals surface area (Å²) in [7, 11) is 0. The first-order valence-electron chi connectivity index (χ1n) is 6.36. The van der Waals surface area contributed by atoms with Gasteiger partial charge in [0.2, 0.25) is 0 Å². The third kappa shape index (κ3) is 3.84. The van der Waals surface area contributed by atoms with E-state index in [-0.39, 0.29) is 23.6 Å². The van der Waals surface area contributed by atoms with E-state index in [9.17, 15) is 9.90 Å². The van der Waals surface area contributed by atoms with Crippen molar-refractivity contribution in [1.82, 2.24) is 5.32 Å². The number of Topliss-reactive ketones (excluding diaryl/α,β-unsaturated/α-hetero) is 1. The standard InChI is InChI=1S/C15H23NO2/c1-9(2)16-15(12(5)17)8-14-10(3)6-13(18)7-11(14)4/h6-7,9,15-16,18H,8H2,1-5H3. The van der Waals surface area contributed by atoms with E-state index in [1.165, 1.54) is 0 Å². The van der Waals surface area contributed by atoms with Gasteiger partial charge in [-0.2, -0.15) is 0 Å². The van der Waals surface area contributed by atoms with Crippen molar-refractivity contribution in [3.8, 4) is 5.75 Å². The first kappa shape index (κ1) is 14.7. The van der Waals surface area contributed by atoms with Crippen molar-refractivity contribution in [1.29, 1.82) is 0 Å². The van der Waals surface area contributed by atoms with Gasteiger partial charge in [0.25, 0.3) is 0 Å². The van der Waals surface area contributed by atoms with Crippen LogP contribution in [0.5, 0.6) is 5.75 Å². The van der Waals surface area contributed by atoms with E-state index >= 15 is 0 Å². The summed E-state index contributed by atoms with van der Waals surface area (Å²) in [5, 5.41) is 12.8. The number of hydrogen-bond donors (Lipinski definition) is 2. The Morgan fingerprint density at radius 2 is 1.78 bits per heavy atom. The number of phenols is 1. The highest BCUT2D eigenvalue weighted by Crippen LogP contribution is 2.22. The molecule has 0 saturated carbocycles. The Morgan fingerprint density at radius 3 is 2.17 bits per heavy atom. The van der Waals surface area contributed by atoms with Gasteiger partial charge in [-0.05, 0) is 56.0 Å². The Hall–Kier alpha value is -1.35. The van der Waals surface area contributed by atoms with Crippen LogP contribution in [-0.4, -0.2) is 23.0 Å². The summed E-state index contributed by atoms with van der Waals surface area (Å²) in [6.45, 7) is 9.62. The summed E-state index contributed by atoms with van der Waals surface area (Å²) >= 11 is 0. The van der Waals surface area contributed by atoms with Crippen molar-refractivity contribution in [2.75, 3.05) is 0 Å². The lowest BCUT2D eigenvalue weighted by Crippen LogP contribution is -2.41. The van der Waals surface area contributed by atoms with Gasteiger partial charge in [-0.15, -0.1) is 0 Å². The summed E-state index contributed by atoms with van der Waals surface area (Å²) in [6, 6.07) is 3.60. The Balaban J connectivity index is 2.97. The van der Waals surface area contributed by atoms with E-state index in [1.807, 2.05) is 27.7 Å². The number of rotatable bonds is 5. The maximum Gasteiger partial charge on any atom is 0.147 e. The average Bonchev–Trinajstić information content (AvgIpc) is 2.20. The molecule has 0 amide bonds. The molecule has 0 heterocycles. The zero-order chi connectivity index (χ0) is 13.9. The lowest BCUT2D eigenvalue weighted by atomic mass is 9.94. The second-order valence-electron chi connectivity index (χ2n) is 5.25. The normalized spacial score (nSPS) is 12.8. The van der Waals surface area contributed by atoms with Gasteiger partial charge in [0, 0.05) is 6.04 Å². The minimum atomic E-state index is -0.160. The largest absolute Gasteiger partial charge is 0.508 e. The molecule has 0 aliphatic rings. The fourth-order valence-corrected chi connectivity index (χ4v) is 2.22. The Kier molecular flexibility index (Phi) is 4.91. The van der Waals surface area contributed by atoms with Crippen molar-refractivity contribution in [2.45, 2.75) is 53.1 Å². The smallest absolute Gasteiger partial charge is 0.147 e. The van der Waals surface area contributed by atoms with Crippen molar-refractivity contribution >= 4 is 5.78 Å². The van der Waals surface area contributed by atoms with Crippen LogP contribution >= 0.6 is 0 Å². The lowest BCUT2D eigenvalue weighted by Gasteiger charge is -2.21. The third-order valence-electron chi connectivity index (χ3n) is 3.11. The molecule has 1 unspecified atom stereocenters. The molecule has 0 bridgehead atoms. The molecule has 1 rings (SSSR count). The number of hydrogen-bond acceptors (Lipinski definition) is 3. The van der Waals surface area contributed by atoms with Crippen LogP contribution in [0, 0.1) is 13.8 Å². The topological polar surface area (TPSA) is 49.3 Å². The van der Waals surface area contributed by atoms with Crippen LogP contribution in [0.25, 0.3) is 0 Å². The zero-order valence-electron chi connectivity index (χ0n) is 11.9. The molecule has 0 aliphatic heterocycles. The molecule has 0 spiro atoms. The highest BCUT2D eigenvalue weighted by molar-refractivity contribution is 5.82. The minimum Gasteiger partial charge on any atom is -0.508 e. The molecule has 0 saturated heterocycles. The van der Waals surface area contributed by atoms with Gasteiger partial charge >= 0.3 is 0 Å². The van der Waals surface area contributed by atoms with Crippen LogP contribution in [0.1, 0.15) is 37.5 Å². The van der Waals surface area contributed by atoms with Gasteiger partial charge in [-0.3, -0.25) is 4.79 Å². The van der Waals surface area contributed by atoms with Crippen molar-refractivity contribution in [2.24, 2.45) is 0 Å². The van der Waals surface area contributed by atoms with Crippen LogP contribution in [0.4, 0.5) is 0 Å². The van der Waals surface area contributed by atoms with Gasteiger partial charge in [-0.25, -0.2) is 0 Å². The highest BCUT2D eigenvalue weighted by atomic mass is 16.3. The molecule has 1 aromatic carbocycles. The first-order valence-corrected chi connectivity index (χ1v) is 6.36. The molecular formula is C15H23NO2. The number of ketones is 1. The average molecular weight is 249 g/mol. The van der Waals surface area contributed by atoms with Crippen molar-refractivity contribution in [3.63, 3.8) is 0 Å². The van der Waals surface area contributed by atoms with Crippen LogP contribution in [0.2, 0.25) is 0 Å². The molecule has 1 aromatic rings. The van der Waals surface area contributed by atoms with Crippen LogP contribution < -0.4 is 5.32 Å². The molecule has 2 N–H and O–H groups in total. The number of carbonyl (C=O) groups excluding carboxylic acids is 1. The second-order valence-corrected chi connectivity index (χ2v) is 5.25. The number of nitrogens with one attached hydrogen (secondary N) is 1. The summed E-state index contributed by atoms with van der Waals surface area (Å²) in [5.74, 6) is 0.431. The second kappa shape index (κ2) is 6.01. The van der Waals surface area contributed by atoms with Crippen molar-refractivity contribution < 1.29 is 9.90 Å². The molecule has 0 aromatic heterocycles. The molecule has 3 heteroatoms. The van der Waals surface area contributed by atoms with Crippen LogP contribution in [0.15, 0.2) is 12.1 Å². The maximum atomic E-state index is 11.7. The zero-order valence-corrected chi connectivity index (χ0v) is 11.9. The fraction of sp³-hybridized carbons (Fsp3) is 0.533. The predicted octanol–water partition coefficient (Wildman–Crippen LogP) is 2.51. The summed E-state index contributed by atoms with van der Waals surface area (Å²) in [4.78, 5) is 11.7. The van der Waals surface area contributed by atoms with Gasteiger partial charge < -0.3 is 10.4 Å². The predicted molar refractivity (Wildman–Crippen MR) is 74.0 cm³/mol. The molecule has 18 heavy (non-hydrogen) atoms. The molecule has 0 fully saturated rings. The van der Waals surface area contributed by atoms with E-state index in [2.05, 4.69) is 5.32 Å². The lowest BCUT2D eigenvalue weighted by molar-refractivity contribution is -0.119. The SMILES string of the molecule is CC(=O)C(Cc1c(C)cc(O)cc1C)NC(C)C. The Labute approximate surface area is 109 Å². The third-order valence-corrected chi connectivity index (χ3v) is 3.11. The quantitative estimate of drug-likeness (QED) is 0.843. The van der Waals surface area contributed by atoms with Crippen molar-refractivity contribution in [3.05, 3.63) is 28.8 Å². The number of aryl methyl sites for hydroxylation is 2. The fourth-order valence-electron chi connectivity index (χ4n) is 2.22. The Morgan fingerprint density at radius 1 is 1.28 bits per heavy atom. The van der Waals surface area contributed by atoms with Gasteiger partial charge in [0.15, 0.2) is 0 Å². The summed E-state index contributed by atoms with van der Waals surface area (Å²) < 4.78 is 0. The van der Waals surface area contributed by atoms with Crippen LogP contribution in [0.3, 0.4) is 0 Å². The molecule has 3 nitrogen and oxygen atoms in total. The van der Waals surface area contributed by atoms with E-state index in [4.69, 9.17) is 0 Å². The van der Waals surface area contributed by atoms with E-state index in [0.29, 0.717) is 6.42 Å². The number of carbonyl (C=O) groups is 1. The summed E-state index contributed by atoms with van der Waals surface area (Å²) in [5.41, 5.74) is 3.20. The molecular weight excluding hydrogens is 226 g/mol. The number of phenolic OH excluding ortho intramolecular Hbond substituents is 1. The molecule has 0 radical (unpaired) electrons. The first-order chi connectivity index (χ1) is 8.31. The van der Waals surface area contributed by atoms with Gasteiger partial charge in [-0.1, -0.05) is 13.8 Å². The monoisotopic (exact) mass is 249 g/mol.